The quantitative estimate of drug-likeness (QED) is 0.887. The van der Waals surface area contributed by atoms with Gasteiger partial charge in [-0.2, -0.15) is 0 Å². The molecule has 0 spiro atoms. The number of carboxylic acids is 1. The molecule has 1 aliphatic rings. The van der Waals surface area contributed by atoms with E-state index in [1.807, 2.05) is 0 Å². The standard InChI is InChI=1S/C13H17NO4S/c1-2-9-7-8(5-6-18-9)14-12(15)10-3-4-11(19-10)13(16)17/h3-4,8-9H,2,5-7H2,1H3,(H,14,15)(H,16,17)/t8-,9+/m1/s1. The first-order valence-corrected chi connectivity index (χ1v) is 7.17. The third-order valence-corrected chi connectivity index (χ3v) is 4.27. The summed E-state index contributed by atoms with van der Waals surface area (Å²) in [6, 6.07) is 3.13. The second kappa shape index (κ2) is 6.16. The predicted molar refractivity (Wildman–Crippen MR) is 71.8 cm³/mol. The summed E-state index contributed by atoms with van der Waals surface area (Å²) in [5, 5.41) is 11.8. The highest BCUT2D eigenvalue weighted by atomic mass is 32.1. The Labute approximate surface area is 115 Å². The molecule has 1 saturated heterocycles. The van der Waals surface area contributed by atoms with E-state index in [2.05, 4.69) is 12.2 Å². The fourth-order valence-electron chi connectivity index (χ4n) is 2.13. The molecule has 1 amide bonds. The van der Waals surface area contributed by atoms with Crippen LogP contribution in [0.4, 0.5) is 0 Å². The highest BCUT2D eigenvalue weighted by Gasteiger charge is 2.23. The maximum absolute atomic E-state index is 12.0. The van der Waals surface area contributed by atoms with Crippen molar-refractivity contribution in [2.75, 3.05) is 6.61 Å². The van der Waals surface area contributed by atoms with Gasteiger partial charge in [0.25, 0.3) is 5.91 Å². The zero-order chi connectivity index (χ0) is 13.8. The van der Waals surface area contributed by atoms with Crippen LogP contribution in [0.25, 0.3) is 0 Å². The van der Waals surface area contributed by atoms with Crippen molar-refractivity contribution < 1.29 is 19.4 Å². The van der Waals surface area contributed by atoms with Crippen LogP contribution in [0.5, 0.6) is 0 Å². The minimum absolute atomic E-state index is 0.113. The third-order valence-electron chi connectivity index (χ3n) is 3.20. The molecule has 104 valence electrons. The summed E-state index contributed by atoms with van der Waals surface area (Å²) < 4.78 is 5.55. The smallest absolute Gasteiger partial charge is 0.345 e. The molecule has 2 atom stereocenters. The molecular weight excluding hydrogens is 266 g/mol. The Balaban J connectivity index is 1.94. The Morgan fingerprint density at radius 2 is 2.21 bits per heavy atom. The Bertz CT molecular complexity index is 471. The summed E-state index contributed by atoms with van der Waals surface area (Å²) in [6.07, 6.45) is 2.77. The summed E-state index contributed by atoms with van der Waals surface area (Å²) in [5.41, 5.74) is 0. The lowest BCUT2D eigenvalue weighted by molar-refractivity contribution is 0.000651. The molecular formula is C13H17NO4S. The first-order chi connectivity index (χ1) is 9.10. The molecule has 0 unspecified atom stereocenters. The number of ether oxygens (including phenoxy) is 1. The van der Waals surface area contributed by atoms with E-state index in [-0.39, 0.29) is 22.9 Å². The first kappa shape index (κ1) is 14.0. The lowest BCUT2D eigenvalue weighted by atomic mass is 10.0. The van der Waals surface area contributed by atoms with Crippen LogP contribution in [-0.2, 0) is 4.74 Å². The normalized spacial score (nSPS) is 23.0. The summed E-state index contributed by atoms with van der Waals surface area (Å²) in [7, 11) is 0. The number of nitrogens with one attached hydrogen (secondary N) is 1. The van der Waals surface area contributed by atoms with Gasteiger partial charge in [0, 0.05) is 12.6 Å². The number of carbonyl (C=O) groups excluding carboxylic acids is 1. The average Bonchev–Trinajstić information content (AvgIpc) is 2.89. The maximum atomic E-state index is 12.0. The molecule has 5 nitrogen and oxygen atoms in total. The number of carbonyl (C=O) groups is 2. The molecule has 19 heavy (non-hydrogen) atoms. The topological polar surface area (TPSA) is 75.6 Å². The minimum atomic E-state index is -0.999. The fourth-order valence-corrected chi connectivity index (χ4v) is 2.88. The lowest BCUT2D eigenvalue weighted by Gasteiger charge is -2.29. The van der Waals surface area contributed by atoms with Crippen LogP contribution in [0, 0.1) is 0 Å². The summed E-state index contributed by atoms with van der Waals surface area (Å²) in [6.45, 7) is 2.72. The number of aromatic carboxylic acids is 1. The second-order valence-corrected chi connectivity index (χ2v) is 5.65. The van der Waals surface area contributed by atoms with Gasteiger partial charge in [0.05, 0.1) is 11.0 Å². The molecule has 1 aromatic heterocycles. The van der Waals surface area contributed by atoms with Crippen LogP contribution < -0.4 is 5.32 Å². The molecule has 0 radical (unpaired) electrons. The molecule has 0 saturated carbocycles. The van der Waals surface area contributed by atoms with E-state index in [9.17, 15) is 9.59 Å². The molecule has 6 heteroatoms. The van der Waals surface area contributed by atoms with E-state index in [0.29, 0.717) is 11.5 Å². The number of thiophene rings is 1. The SMILES string of the molecule is CC[C@H]1C[C@H](NC(=O)c2ccc(C(=O)O)s2)CCO1. The van der Waals surface area contributed by atoms with Crippen molar-refractivity contribution in [2.24, 2.45) is 0 Å². The van der Waals surface area contributed by atoms with Crippen LogP contribution >= 0.6 is 11.3 Å². The Morgan fingerprint density at radius 1 is 1.47 bits per heavy atom. The maximum Gasteiger partial charge on any atom is 0.345 e. The third kappa shape index (κ3) is 3.54. The number of rotatable bonds is 4. The van der Waals surface area contributed by atoms with Gasteiger partial charge in [-0.25, -0.2) is 4.79 Å². The Hall–Kier alpha value is -1.40. The van der Waals surface area contributed by atoms with Crippen molar-refractivity contribution in [3.8, 4) is 0 Å². The number of hydrogen-bond donors (Lipinski definition) is 2. The summed E-state index contributed by atoms with van der Waals surface area (Å²) in [5.74, 6) is -1.19. The van der Waals surface area contributed by atoms with Crippen molar-refractivity contribution in [1.29, 1.82) is 0 Å². The molecule has 2 heterocycles. The van der Waals surface area contributed by atoms with Gasteiger partial charge in [0.15, 0.2) is 0 Å². The second-order valence-electron chi connectivity index (χ2n) is 4.56. The lowest BCUT2D eigenvalue weighted by Crippen LogP contribution is -2.41. The Morgan fingerprint density at radius 3 is 2.84 bits per heavy atom. The Kier molecular flexibility index (Phi) is 4.55. The van der Waals surface area contributed by atoms with E-state index in [1.165, 1.54) is 6.07 Å². The van der Waals surface area contributed by atoms with Crippen LogP contribution in [0.1, 0.15) is 45.5 Å². The van der Waals surface area contributed by atoms with Crippen LogP contribution in [0.2, 0.25) is 0 Å². The van der Waals surface area contributed by atoms with Gasteiger partial charge in [0.1, 0.15) is 4.88 Å². The van der Waals surface area contributed by atoms with Crippen LogP contribution in [0.3, 0.4) is 0 Å². The fraction of sp³-hybridized carbons (Fsp3) is 0.538. The monoisotopic (exact) mass is 283 g/mol. The van der Waals surface area contributed by atoms with Crippen molar-refractivity contribution in [3.05, 3.63) is 21.9 Å². The van der Waals surface area contributed by atoms with E-state index in [0.717, 1.165) is 30.6 Å². The van der Waals surface area contributed by atoms with Gasteiger partial charge >= 0.3 is 5.97 Å². The van der Waals surface area contributed by atoms with E-state index in [4.69, 9.17) is 9.84 Å². The van der Waals surface area contributed by atoms with Crippen molar-refractivity contribution in [3.63, 3.8) is 0 Å². The number of carboxylic acid groups (broad SMARTS) is 1. The molecule has 2 rings (SSSR count). The summed E-state index contributed by atoms with van der Waals surface area (Å²) in [4.78, 5) is 23.4. The van der Waals surface area contributed by atoms with Gasteiger partial charge in [-0.05, 0) is 31.4 Å². The van der Waals surface area contributed by atoms with Crippen LogP contribution in [-0.4, -0.2) is 35.7 Å². The molecule has 1 aliphatic heterocycles. The number of hydrogen-bond acceptors (Lipinski definition) is 4. The van der Waals surface area contributed by atoms with E-state index >= 15 is 0 Å². The van der Waals surface area contributed by atoms with E-state index in [1.54, 1.807) is 6.07 Å². The zero-order valence-corrected chi connectivity index (χ0v) is 11.5. The minimum Gasteiger partial charge on any atom is -0.477 e. The van der Waals surface area contributed by atoms with Gasteiger partial charge in [-0.15, -0.1) is 11.3 Å². The average molecular weight is 283 g/mol. The largest absolute Gasteiger partial charge is 0.477 e. The highest BCUT2D eigenvalue weighted by molar-refractivity contribution is 7.15. The molecule has 0 aliphatic carbocycles. The van der Waals surface area contributed by atoms with Gasteiger partial charge in [0.2, 0.25) is 0 Å². The van der Waals surface area contributed by atoms with Crippen molar-refractivity contribution in [2.45, 2.75) is 38.3 Å². The molecule has 0 aromatic carbocycles. The van der Waals surface area contributed by atoms with Gasteiger partial charge in [-0.1, -0.05) is 6.92 Å². The highest BCUT2D eigenvalue weighted by Crippen LogP contribution is 2.19. The first-order valence-electron chi connectivity index (χ1n) is 6.35. The summed E-state index contributed by atoms with van der Waals surface area (Å²) >= 11 is 1.00. The van der Waals surface area contributed by atoms with Crippen molar-refractivity contribution >= 4 is 23.2 Å². The molecule has 1 aromatic rings. The predicted octanol–water partition coefficient (Wildman–Crippen LogP) is 2.13. The van der Waals surface area contributed by atoms with E-state index < -0.39 is 5.97 Å². The van der Waals surface area contributed by atoms with Crippen molar-refractivity contribution in [1.82, 2.24) is 5.32 Å². The molecule has 2 N–H and O–H groups in total. The van der Waals surface area contributed by atoms with Crippen LogP contribution in [0.15, 0.2) is 12.1 Å². The number of amides is 1. The molecule has 1 fully saturated rings. The van der Waals surface area contributed by atoms with Gasteiger partial charge in [-0.3, -0.25) is 4.79 Å². The zero-order valence-electron chi connectivity index (χ0n) is 10.7. The molecule has 0 bridgehead atoms. The van der Waals surface area contributed by atoms with Gasteiger partial charge < -0.3 is 15.2 Å².